The van der Waals surface area contributed by atoms with Crippen LogP contribution in [0, 0.1) is 17.0 Å². The van der Waals surface area contributed by atoms with Gasteiger partial charge in [-0.3, -0.25) is 14.9 Å². The summed E-state index contributed by atoms with van der Waals surface area (Å²) >= 11 is 12.1. The van der Waals surface area contributed by atoms with Gasteiger partial charge in [0.2, 0.25) is 5.91 Å². The monoisotopic (exact) mass is 352 g/mol. The Bertz CT molecular complexity index is 743. The molecular weight excluding hydrogens is 339 g/mol. The Balaban J connectivity index is 2.06. The van der Waals surface area contributed by atoms with Gasteiger partial charge >= 0.3 is 0 Å². The van der Waals surface area contributed by atoms with Crippen LogP contribution in [0.25, 0.3) is 0 Å². The smallest absolute Gasteiger partial charge is 0.274 e. The normalized spacial score (nSPS) is 10.4. The first-order chi connectivity index (χ1) is 10.9. The number of carbonyl (C=O) groups excluding carboxylic acids is 1. The van der Waals surface area contributed by atoms with Gasteiger partial charge in [-0.15, -0.1) is 0 Å². The van der Waals surface area contributed by atoms with Gasteiger partial charge in [0, 0.05) is 22.5 Å². The Morgan fingerprint density at radius 1 is 1.17 bits per heavy atom. The summed E-state index contributed by atoms with van der Waals surface area (Å²) in [6.45, 7) is 1.60. The van der Waals surface area contributed by atoms with Crippen molar-refractivity contribution in [2.45, 2.75) is 19.8 Å². The fourth-order valence-corrected chi connectivity index (χ4v) is 2.77. The lowest BCUT2D eigenvalue weighted by Gasteiger charge is -2.10. The van der Waals surface area contributed by atoms with Gasteiger partial charge in [-0.25, -0.2) is 0 Å². The van der Waals surface area contributed by atoms with Gasteiger partial charge in [0.1, 0.15) is 0 Å². The Labute approximate surface area is 143 Å². The van der Waals surface area contributed by atoms with E-state index in [4.69, 9.17) is 23.2 Å². The number of halogens is 2. The molecule has 2 aromatic rings. The molecule has 0 saturated heterocycles. The van der Waals surface area contributed by atoms with E-state index >= 15 is 0 Å². The molecule has 0 saturated carbocycles. The summed E-state index contributed by atoms with van der Waals surface area (Å²) in [5.74, 6) is -0.260. The van der Waals surface area contributed by atoms with Crippen molar-refractivity contribution < 1.29 is 9.72 Å². The lowest BCUT2D eigenvalue weighted by Crippen LogP contribution is -2.13. The minimum atomic E-state index is -0.478. The number of benzene rings is 2. The first-order valence-corrected chi connectivity index (χ1v) is 7.62. The highest BCUT2D eigenvalue weighted by Crippen LogP contribution is 2.27. The molecule has 2 aromatic carbocycles. The molecule has 23 heavy (non-hydrogen) atoms. The zero-order valence-electron chi connectivity index (χ0n) is 12.3. The topological polar surface area (TPSA) is 72.2 Å². The summed E-state index contributed by atoms with van der Waals surface area (Å²) < 4.78 is 0. The second kappa shape index (κ2) is 7.44. The highest BCUT2D eigenvalue weighted by atomic mass is 35.5. The average molecular weight is 353 g/mol. The van der Waals surface area contributed by atoms with E-state index in [0.29, 0.717) is 33.3 Å². The molecule has 5 nitrogen and oxygen atoms in total. The maximum absolute atomic E-state index is 12.1. The van der Waals surface area contributed by atoms with Crippen molar-refractivity contribution in [2.75, 3.05) is 5.32 Å². The molecule has 0 aliphatic rings. The van der Waals surface area contributed by atoms with Crippen LogP contribution in [0.3, 0.4) is 0 Å². The second-order valence-electron chi connectivity index (χ2n) is 4.96. The van der Waals surface area contributed by atoms with Crippen LogP contribution in [-0.2, 0) is 11.2 Å². The van der Waals surface area contributed by atoms with Gasteiger partial charge in [-0.05, 0) is 37.1 Å². The number of hydrogen-bond acceptors (Lipinski definition) is 3. The zero-order chi connectivity index (χ0) is 17.0. The largest absolute Gasteiger partial charge is 0.326 e. The molecule has 0 heterocycles. The summed E-state index contributed by atoms with van der Waals surface area (Å²) in [7, 11) is 0. The van der Waals surface area contributed by atoms with Gasteiger partial charge in [-0.2, -0.15) is 0 Å². The van der Waals surface area contributed by atoms with Gasteiger partial charge < -0.3 is 5.32 Å². The van der Waals surface area contributed by atoms with Crippen LogP contribution in [0.1, 0.15) is 17.5 Å². The predicted octanol–water partition coefficient (Wildman–Crippen LogP) is 4.78. The van der Waals surface area contributed by atoms with E-state index in [9.17, 15) is 14.9 Å². The molecule has 0 aromatic heterocycles. The molecule has 7 heteroatoms. The molecule has 0 spiro atoms. The van der Waals surface area contributed by atoms with E-state index in [1.54, 1.807) is 31.2 Å². The Hall–Kier alpha value is -2.11. The maximum Gasteiger partial charge on any atom is 0.274 e. The number of amides is 1. The lowest BCUT2D eigenvalue weighted by atomic mass is 10.1. The summed E-state index contributed by atoms with van der Waals surface area (Å²) in [5, 5.41) is 14.6. The molecule has 0 atom stereocenters. The number of nitro groups is 1. The highest BCUT2D eigenvalue weighted by Gasteiger charge is 2.15. The third-order valence-electron chi connectivity index (χ3n) is 3.44. The first-order valence-electron chi connectivity index (χ1n) is 6.87. The quantitative estimate of drug-likeness (QED) is 0.621. The van der Waals surface area contributed by atoms with E-state index in [1.165, 1.54) is 12.1 Å². The fraction of sp³-hybridized carbons (Fsp3) is 0.188. The summed E-state index contributed by atoms with van der Waals surface area (Å²) in [5.41, 5.74) is 1.52. The molecule has 2 rings (SSSR count). The lowest BCUT2D eigenvalue weighted by molar-refractivity contribution is -0.385. The van der Waals surface area contributed by atoms with Gasteiger partial charge in [0.15, 0.2) is 0 Å². The van der Waals surface area contributed by atoms with Crippen LogP contribution in [0.4, 0.5) is 11.4 Å². The van der Waals surface area contributed by atoms with E-state index in [1.807, 2.05) is 0 Å². The van der Waals surface area contributed by atoms with Crippen LogP contribution in [0.2, 0.25) is 10.0 Å². The number of nitrogens with one attached hydrogen (secondary N) is 1. The number of carbonyl (C=O) groups is 1. The molecule has 1 amide bonds. The Morgan fingerprint density at radius 3 is 2.39 bits per heavy atom. The van der Waals surface area contributed by atoms with E-state index in [-0.39, 0.29) is 18.0 Å². The van der Waals surface area contributed by atoms with Crippen LogP contribution < -0.4 is 5.32 Å². The number of hydrogen-bond donors (Lipinski definition) is 1. The maximum atomic E-state index is 12.1. The van der Waals surface area contributed by atoms with Crippen LogP contribution >= 0.6 is 23.2 Å². The van der Waals surface area contributed by atoms with Crippen molar-refractivity contribution in [3.8, 4) is 0 Å². The minimum absolute atomic E-state index is 0.0306. The third-order valence-corrected chi connectivity index (χ3v) is 4.15. The predicted molar refractivity (Wildman–Crippen MR) is 91.2 cm³/mol. The Kier molecular flexibility index (Phi) is 5.58. The third kappa shape index (κ3) is 4.21. The molecular formula is C16H14Cl2N2O3. The number of anilines is 1. The average Bonchev–Trinajstić information content (AvgIpc) is 2.48. The SMILES string of the molecule is Cc1c(NC(=O)CCc2c(Cl)cccc2Cl)cccc1[N+](=O)[O-]. The van der Waals surface area contributed by atoms with Gasteiger partial charge in [0.05, 0.1) is 16.2 Å². The zero-order valence-corrected chi connectivity index (χ0v) is 13.8. The number of rotatable bonds is 5. The van der Waals surface area contributed by atoms with E-state index < -0.39 is 4.92 Å². The van der Waals surface area contributed by atoms with Gasteiger partial charge in [0.25, 0.3) is 5.69 Å². The molecule has 1 N–H and O–H groups in total. The fourth-order valence-electron chi connectivity index (χ4n) is 2.18. The van der Waals surface area contributed by atoms with Crippen LogP contribution in [0.5, 0.6) is 0 Å². The highest BCUT2D eigenvalue weighted by molar-refractivity contribution is 6.36. The summed E-state index contributed by atoms with van der Waals surface area (Å²) in [6.07, 6.45) is 0.559. The molecule has 0 radical (unpaired) electrons. The van der Waals surface area contributed by atoms with Gasteiger partial charge in [-0.1, -0.05) is 35.3 Å². The molecule has 0 unspecified atom stereocenters. The molecule has 0 aliphatic heterocycles. The summed E-state index contributed by atoms with van der Waals surface area (Å²) in [4.78, 5) is 22.5. The van der Waals surface area contributed by atoms with Crippen LogP contribution in [0.15, 0.2) is 36.4 Å². The van der Waals surface area contributed by atoms with Crippen molar-refractivity contribution in [3.05, 3.63) is 67.7 Å². The number of nitro benzene ring substituents is 1. The standard InChI is InChI=1S/C16H14Cl2N2O3/c1-10-14(6-3-7-15(10)20(22)23)19-16(21)9-8-11-12(17)4-2-5-13(11)18/h2-7H,8-9H2,1H3,(H,19,21). The van der Waals surface area contributed by atoms with Crippen molar-refractivity contribution in [1.82, 2.24) is 0 Å². The van der Waals surface area contributed by atoms with Crippen molar-refractivity contribution in [2.24, 2.45) is 0 Å². The molecule has 0 bridgehead atoms. The van der Waals surface area contributed by atoms with Crippen LogP contribution in [-0.4, -0.2) is 10.8 Å². The minimum Gasteiger partial charge on any atom is -0.326 e. The van der Waals surface area contributed by atoms with Crippen molar-refractivity contribution in [1.29, 1.82) is 0 Å². The van der Waals surface area contributed by atoms with Crippen molar-refractivity contribution >= 4 is 40.5 Å². The van der Waals surface area contributed by atoms with E-state index in [2.05, 4.69) is 5.32 Å². The Morgan fingerprint density at radius 2 is 1.78 bits per heavy atom. The number of nitrogens with zero attached hydrogens (tertiary/aromatic N) is 1. The first kappa shape index (κ1) is 17.2. The molecule has 0 aliphatic carbocycles. The van der Waals surface area contributed by atoms with Crippen molar-refractivity contribution in [3.63, 3.8) is 0 Å². The summed E-state index contributed by atoms with van der Waals surface area (Å²) in [6, 6.07) is 9.72. The van der Waals surface area contributed by atoms with E-state index in [0.717, 1.165) is 0 Å². The second-order valence-corrected chi connectivity index (χ2v) is 5.77. The molecule has 0 fully saturated rings. The molecule has 120 valence electrons.